The second kappa shape index (κ2) is 9.63. The van der Waals surface area contributed by atoms with Gasteiger partial charge < -0.3 is 5.32 Å². The summed E-state index contributed by atoms with van der Waals surface area (Å²) in [5, 5.41) is 21.5. The Labute approximate surface area is 182 Å². The van der Waals surface area contributed by atoms with E-state index in [1.165, 1.54) is 24.6 Å². The molecule has 1 aromatic heterocycles. The van der Waals surface area contributed by atoms with Crippen LogP contribution in [0.15, 0.2) is 35.5 Å². The van der Waals surface area contributed by atoms with Crippen LogP contribution >= 0.6 is 11.8 Å². The minimum Gasteiger partial charge on any atom is -0.337 e. The van der Waals surface area contributed by atoms with E-state index in [9.17, 15) is 10.1 Å². The van der Waals surface area contributed by atoms with Gasteiger partial charge in [-0.05, 0) is 57.8 Å². The monoisotopic (exact) mass is 426 g/mol. The number of hydrogen-bond acceptors (Lipinski definition) is 6. The van der Waals surface area contributed by atoms with Crippen LogP contribution in [0, 0.1) is 17.2 Å². The highest BCUT2D eigenvalue weighted by Gasteiger charge is 2.32. The lowest BCUT2D eigenvalue weighted by molar-refractivity contribution is -0.121. The van der Waals surface area contributed by atoms with Crippen molar-refractivity contribution in [3.8, 4) is 11.8 Å². The first kappa shape index (κ1) is 22.3. The summed E-state index contributed by atoms with van der Waals surface area (Å²) in [4.78, 5) is 15.2. The molecule has 0 spiro atoms. The van der Waals surface area contributed by atoms with Crippen LogP contribution in [0.5, 0.6) is 0 Å². The number of hydrogen-bond donors (Lipinski definition) is 1. The van der Waals surface area contributed by atoms with E-state index in [0.29, 0.717) is 5.16 Å². The fourth-order valence-corrected chi connectivity index (χ4v) is 4.21. The summed E-state index contributed by atoms with van der Waals surface area (Å²) >= 11 is 1.36. The summed E-state index contributed by atoms with van der Waals surface area (Å²) in [5.74, 6) is 0.701. The molecule has 2 aromatic rings. The Morgan fingerprint density at radius 2 is 1.90 bits per heavy atom. The average molecular weight is 427 g/mol. The zero-order valence-corrected chi connectivity index (χ0v) is 18.9. The Kier molecular flexibility index (Phi) is 7.16. The zero-order valence-electron chi connectivity index (χ0n) is 18.1. The van der Waals surface area contributed by atoms with Crippen LogP contribution in [0.4, 0.5) is 0 Å². The van der Waals surface area contributed by atoms with Crippen LogP contribution in [0.1, 0.15) is 46.4 Å². The van der Waals surface area contributed by atoms with Gasteiger partial charge in [0.25, 0.3) is 0 Å². The molecule has 3 rings (SSSR count). The van der Waals surface area contributed by atoms with E-state index in [1.54, 1.807) is 6.92 Å². The van der Waals surface area contributed by atoms with Crippen LogP contribution in [-0.4, -0.2) is 49.4 Å². The third-order valence-corrected chi connectivity index (χ3v) is 6.74. The third-order valence-electron chi connectivity index (χ3n) is 5.70. The molecule has 0 radical (unpaired) electrons. The molecule has 2 unspecified atom stereocenters. The van der Waals surface area contributed by atoms with Gasteiger partial charge in [0.05, 0.1) is 17.9 Å². The molecule has 1 aromatic carbocycles. The van der Waals surface area contributed by atoms with E-state index in [-0.39, 0.29) is 11.8 Å². The molecule has 2 atom stereocenters. The number of rotatable bonds is 8. The number of para-hydroxylation sites is 1. The van der Waals surface area contributed by atoms with Gasteiger partial charge in [-0.25, -0.2) is 0 Å². The maximum Gasteiger partial charge on any atom is 0.234 e. The molecule has 1 fully saturated rings. The summed E-state index contributed by atoms with van der Waals surface area (Å²) in [6.07, 6.45) is 2.43. The fraction of sp³-hybridized carbons (Fsp3) is 0.545. The van der Waals surface area contributed by atoms with E-state index >= 15 is 0 Å². The van der Waals surface area contributed by atoms with Gasteiger partial charge in [0.2, 0.25) is 5.91 Å². The van der Waals surface area contributed by atoms with Crippen molar-refractivity contribution in [2.24, 2.45) is 5.92 Å². The van der Waals surface area contributed by atoms with Gasteiger partial charge in [-0.2, -0.15) is 5.26 Å². The number of nitriles is 1. The molecule has 1 aliphatic rings. The fourth-order valence-electron chi connectivity index (χ4n) is 3.33. The first-order valence-corrected chi connectivity index (χ1v) is 11.3. The molecular weight excluding hydrogens is 396 g/mol. The first-order valence-electron chi connectivity index (χ1n) is 10.5. The molecule has 1 N–H and O–H groups in total. The molecule has 0 aliphatic carbocycles. The standard InChI is InChI=1S/C22H30N6OS/c1-16(2)22(4,15-23)24-20(29)17(3)30-21-26-25-19(14-27-12-8-9-13-27)28(21)18-10-6-5-7-11-18/h5-7,10-11,16-17H,8-9,12-14H2,1-4H3,(H,24,29). The van der Waals surface area contributed by atoms with E-state index in [4.69, 9.17) is 0 Å². The highest BCUT2D eigenvalue weighted by molar-refractivity contribution is 8.00. The highest BCUT2D eigenvalue weighted by atomic mass is 32.2. The minimum atomic E-state index is -0.903. The van der Waals surface area contributed by atoms with Crippen LogP contribution < -0.4 is 5.32 Å². The lowest BCUT2D eigenvalue weighted by Gasteiger charge is -2.28. The normalized spacial score (nSPS) is 17.5. The summed E-state index contributed by atoms with van der Waals surface area (Å²) in [5.41, 5.74) is 0.0794. The second-order valence-corrected chi connectivity index (χ2v) is 9.58. The summed E-state index contributed by atoms with van der Waals surface area (Å²) in [6, 6.07) is 12.2. The van der Waals surface area contributed by atoms with Gasteiger partial charge in [0.1, 0.15) is 5.54 Å². The van der Waals surface area contributed by atoms with Crippen LogP contribution in [0.3, 0.4) is 0 Å². The van der Waals surface area contributed by atoms with E-state index < -0.39 is 10.8 Å². The van der Waals surface area contributed by atoms with E-state index in [2.05, 4.69) is 26.5 Å². The lowest BCUT2D eigenvalue weighted by Crippen LogP contribution is -2.51. The van der Waals surface area contributed by atoms with Crippen molar-refractivity contribution in [1.29, 1.82) is 5.26 Å². The topological polar surface area (TPSA) is 86.8 Å². The molecule has 1 amide bonds. The number of nitrogens with one attached hydrogen (secondary N) is 1. The molecule has 2 heterocycles. The lowest BCUT2D eigenvalue weighted by atomic mass is 9.90. The molecule has 30 heavy (non-hydrogen) atoms. The van der Waals surface area contributed by atoms with Crippen molar-refractivity contribution in [2.75, 3.05) is 13.1 Å². The maximum atomic E-state index is 12.8. The molecule has 0 saturated carbocycles. The third kappa shape index (κ3) is 5.02. The Morgan fingerprint density at radius 1 is 1.23 bits per heavy atom. The molecule has 7 nitrogen and oxygen atoms in total. The zero-order chi connectivity index (χ0) is 21.7. The minimum absolute atomic E-state index is 0.00341. The van der Waals surface area contributed by atoms with Gasteiger partial charge in [-0.3, -0.25) is 14.3 Å². The maximum absolute atomic E-state index is 12.8. The summed E-state index contributed by atoms with van der Waals surface area (Å²) in [7, 11) is 0. The number of benzene rings is 1. The molecule has 1 aliphatic heterocycles. The number of amides is 1. The van der Waals surface area contributed by atoms with Crippen LogP contribution in [0.25, 0.3) is 5.69 Å². The van der Waals surface area contributed by atoms with Crippen molar-refractivity contribution in [2.45, 2.75) is 63.0 Å². The molecule has 1 saturated heterocycles. The predicted molar refractivity (Wildman–Crippen MR) is 118 cm³/mol. The van der Waals surface area contributed by atoms with E-state index in [0.717, 1.165) is 31.1 Å². The highest BCUT2D eigenvalue weighted by Crippen LogP contribution is 2.27. The van der Waals surface area contributed by atoms with Crippen LogP contribution in [0.2, 0.25) is 0 Å². The number of likely N-dealkylation sites (tertiary alicyclic amines) is 1. The number of thioether (sulfide) groups is 1. The van der Waals surface area contributed by atoms with Crippen molar-refractivity contribution in [3.63, 3.8) is 0 Å². The Morgan fingerprint density at radius 3 is 2.50 bits per heavy atom. The first-order chi connectivity index (χ1) is 14.3. The van der Waals surface area contributed by atoms with Gasteiger partial charge in [-0.1, -0.05) is 43.8 Å². The van der Waals surface area contributed by atoms with Crippen molar-refractivity contribution >= 4 is 17.7 Å². The molecular formula is C22H30N6OS. The Balaban J connectivity index is 1.82. The Hall–Kier alpha value is -2.37. The number of carbonyl (C=O) groups excluding carboxylic acids is 1. The average Bonchev–Trinajstić information content (AvgIpc) is 3.38. The smallest absolute Gasteiger partial charge is 0.234 e. The predicted octanol–water partition coefficient (Wildman–Crippen LogP) is 3.40. The number of aromatic nitrogens is 3. The van der Waals surface area contributed by atoms with Crippen molar-refractivity contribution < 1.29 is 4.79 Å². The van der Waals surface area contributed by atoms with Gasteiger partial charge in [-0.15, -0.1) is 10.2 Å². The largest absolute Gasteiger partial charge is 0.337 e. The number of nitrogens with zero attached hydrogens (tertiary/aromatic N) is 5. The van der Waals surface area contributed by atoms with Gasteiger partial charge in [0, 0.05) is 5.69 Å². The SMILES string of the molecule is CC(Sc1nnc(CN2CCCC2)n1-c1ccccc1)C(=O)NC(C)(C#N)C(C)C. The summed E-state index contributed by atoms with van der Waals surface area (Å²) < 4.78 is 2.04. The van der Waals surface area contributed by atoms with Gasteiger partial charge in [0.15, 0.2) is 11.0 Å². The quantitative estimate of drug-likeness (QED) is 0.651. The van der Waals surface area contributed by atoms with Crippen molar-refractivity contribution in [3.05, 3.63) is 36.2 Å². The molecule has 0 bridgehead atoms. The Bertz CT molecular complexity index is 900. The van der Waals surface area contributed by atoms with Crippen molar-refractivity contribution in [1.82, 2.24) is 25.0 Å². The van der Waals surface area contributed by atoms with E-state index in [1.807, 2.05) is 55.7 Å². The summed E-state index contributed by atoms with van der Waals surface area (Å²) in [6.45, 7) is 10.3. The molecule has 8 heteroatoms. The number of carbonyl (C=O) groups is 1. The molecule has 160 valence electrons. The van der Waals surface area contributed by atoms with Gasteiger partial charge >= 0.3 is 0 Å². The van der Waals surface area contributed by atoms with Crippen LogP contribution in [-0.2, 0) is 11.3 Å². The second-order valence-electron chi connectivity index (χ2n) is 8.27.